The average molecular weight is 369 g/mol. The molecule has 5 nitrogen and oxygen atoms in total. The number of anilines is 1. The second kappa shape index (κ2) is 9.76. The van der Waals surface area contributed by atoms with Crippen molar-refractivity contribution in [3.8, 4) is 5.75 Å². The van der Waals surface area contributed by atoms with Crippen molar-refractivity contribution in [2.24, 2.45) is 0 Å². The zero-order chi connectivity index (χ0) is 19.8. The summed E-state index contributed by atoms with van der Waals surface area (Å²) in [6, 6.07) is 14.4. The Hall–Kier alpha value is -2.82. The van der Waals surface area contributed by atoms with Crippen molar-refractivity contribution >= 4 is 17.6 Å². The van der Waals surface area contributed by atoms with E-state index in [-0.39, 0.29) is 12.0 Å². The first-order chi connectivity index (χ1) is 12.9. The number of amides is 1. The second-order valence-electron chi connectivity index (χ2n) is 6.41. The van der Waals surface area contributed by atoms with Gasteiger partial charge in [0.2, 0.25) is 0 Å². The van der Waals surface area contributed by atoms with E-state index >= 15 is 0 Å². The van der Waals surface area contributed by atoms with Crippen LogP contribution in [0.4, 0.5) is 5.69 Å². The van der Waals surface area contributed by atoms with Crippen LogP contribution in [0, 0.1) is 0 Å². The molecule has 1 amide bonds. The lowest BCUT2D eigenvalue weighted by Crippen LogP contribution is -2.29. The summed E-state index contributed by atoms with van der Waals surface area (Å²) >= 11 is 0. The smallest absolute Gasteiger partial charge is 0.347 e. The molecule has 0 heterocycles. The van der Waals surface area contributed by atoms with Gasteiger partial charge in [-0.1, -0.05) is 32.0 Å². The van der Waals surface area contributed by atoms with Crippen molar-refractivity contribution in [1.82, 2.24) is 0 Å². The zero-order valence-electron chi connectivity index (χ0n) is 16.3. The minimum atomic E-state index is -0.713. The minimum Gasteiger partial charge on any atom is -0.479 e. The lowest BCUT2D eigenvalue weighted by molar-refractivity contribution is -0.155. The molecule has 2 aromatic rings. The third-order valence-corrected chi connectivity index (χ3v) is 4.30. The van der Waals surface area contributed by atoms with Gasteiger partial charge in [0.25, 0.3) is 5.91 Å². The molecule has 0 aliphatic heterocycles. The van der Waals surface area contributed by atoms with Gasteiger partial charge in [-0.25, -0.2) is 4.79 Å². The third-order valence-electron chi connectivity index (χ3n) is 4.30. The van der Waals surface area contributed by atoms with Gasteiger partial charge >= 0.3 is 5.97 Å². The first-order valence-electron chi connectivity index (χ1n) is 9.31. The monoisotopic (exact) mass is 369 g/mol. The molecule has 27 heavy (non-hydrogen) atoms. The maximum absolute atomic E-state index is 12.5. The summed E-state index contributed by atoms with van der Waals surface area (Å²) in [5, 5.41) is 2.93. The molecule has 2 atom stereocenters. The average Bonchev–Trinajstić information content (AvgIpc) is 2.68. The molecule has 0 aromatic heterocycles. The predicted molar refractivity (Wildman–Crippen MR) is 106 cm³/mol. The molecule has 2 rings (SSSR count). The molecule has 0 aliphatic rings. The first-order valence-corrected chi connectivity index (χ1v) is 9.31. The highest BCUT2D eigenvalue weighted by molar-refractivity contribution is 6.04. The number of benzene rings is 2. The van der Waals surface area contributed by atoms with E-state index in [1.54, 1.807) is 31.2 Å². The summed E-state index contributed by atoms with van der Waals surface area (Å²) in [4.78, 5) is 24.4. The highest BCUT2D eigenvalue weighted by atomic mass is 16.6. The van der Waals surface area contributed by atoms with E-state index in [1.807, 2.05) is 45.0 Å². The standard InChI is InChI=1S/C22H27NO4/c1-5-15(3)26-22(25)16(4)27-19-13-11-18(12-14-19)21(24)23-20-10-8-7-9-17(20)6-2/h7-16H,5-6H2,1-4H3,(H,23,24)/t15-,16-/m1/s1. The Labute approximate surface area is 160 Å². The maximum Gasteiger partial charge on any atom is 0.347 e. The number of carbonyl (C=O) groups is 2. The van der Waals surface area contributed by atoms with Crippen LogP contribution in [0.25, 0.3) is 0 Å². The van der Waals surface area contributed by atoms with Crippen LogP contribution in [0.3, 0.4) is 0 Å². The number of para-hydroxylation sites is 1. The van der Waals surface area contributed by atoms with Gasteiger partial charge in [-0.3, -0.25) is 4.79 Å². The van der Waals surface area contributed by atoms with Gasteiger partial charge in [0.15, 0.2) is 6.10 Å². The highest BCUT2D eigenvalue weighted by Crippen LogP contribution is 2.19. The molecule has 144 valence electrons. The maximum atomic E-state index is 12.5. The molecular weight excluding hydrogens is 342 g/mol. The Morgan fingerprint density at radius 1 is 1.00 bits per heavy atom. The second-order valence-corrected chi connectivity index (χ2v) is 6.41. The molecule has 2 aromatic carbocycles. The van der Waals surface area contributed by atoms with Crippen LogP contribution in [-0.2, 0) is 16.0 Å². The number of hydrogen-bond donors (Lipinski definition) is 1. The van der Waals surface area contributed by atoms with Gasteiger partial charge in [-0.2, -0.15) is 0 Å². The van der Waals surface area contributed by atoms with E-state index in [0.717, 1.165) is 24.1 Å². The number of ether oxygens (including phenoxy) is 2. The Morgan fingerprint density at radius 3 is 2.30 bits per heavy atom. The van der Waals surface area contributed by atoms with E-state index in [1.165, 1.54) is 0 Å². The Bertz CT molecular complexity index is 770. The number of esters is 1. The van der Waals surface area contributed by atoms with E-state index in [2.05, 4.69) is 5.32 Å². The Kier molecular flexibility index (Phi) is 7.41. The van der Waals surface area contributed by atoms with Gasteiger partial charge in [0.1, 0.15) is 5.75 Å². The van der Waals surface area contributed by atoms with Crippen LogP contribution in [-0.4, -0.2) is 24.1 Å². The largest absolute Gasteiger partial charge is 0.479 e. The lowest BCUT2D eigenvalue weighted by atomic mass is 10.1. The molecule has 0 radical (unpaired) electrons. The molecule has 0 saturated carbocycles. The van der Waals surface area contributed by atoms with Gasteiger partial charge in [-0.15, -0.1) is 0 Å². The zero-order valence-corrected chi connectivity index (χ0v) is 16.3. The normalized spacial score (nSPS) is 12.7. The van der Waals surface area contributed by atoms with Gasteiger partial charge in [-0.05, 0) is 62.6 Å². The summed E-state index contributed by atoms with van der Waals surface area (Å²) in [6.45, 7) is 7.48. The summed E-state index contributed by atoms with van der Waals surface area (Å²) in [5.41, 5.74) is 2.41. The number of carbonyl (C=O) groups excluding carboxylic acids is 2. The summed E-state index contributed by atoms with van der Waals surface area (Å²) in [5.74, 6) is -0.0804. The topological polar surface area (TPSA) is 64.6 Å². The fourth-order valence-corrected chi connectivity index (χ4v) is 2.46. The van der Waals surface area contributed by atoms with E-state index in [0.29, 0.717) is 11.3 Å². The van der Waals surface area contributed by atoms with E-state index in [4.69, 9.17) is 9.47 Å². The van der Waals surface area contributed by atoms with Crippen molar-refractivity contribution < 1.29 is 19.1 Å². The van der Waals surface area contributed by atoms with Crippen LogP contribution < -0.4 is 10.1 Å². The van der Waals surface area contributed by atoms with Crippen molar-refractivity contribution in [3.63, 3.8) is 0 Å². The Balaban J connectivity index is 1.98. The molecule has 0 saturated heterocycles. The van der Waals surface area contributed by atoms with E-state index in [9.17, 15) is 9.59 Å². The van der Waals surface area contributed by atoms with E-state index < -0.39 is 12.1 Å². The lowest BCUT2D eigenvalue weighted by Gasteiger charge is -2.17. The fraction of sp³-hybridized carbons (Fsp3) is 0.364. The van der Waals surface area contributed by atoms with Crippen molar-refractivity contribution in [2.45, 2.75) is 52.7 Å². The highest BCUT2D eigenvalue weighted by Gasteiger charge is 2.18. The number of aryl methyl sites for hydroxylation is 1. The Morgan fingerprint density at radius 2 is 1.67 bits per heavy atom. The molecule has 0 unspecified atom stereocenters. The van der Waals surface area contributed by atoms with Crippen LogP contribution in [0.1, 0.15) is 50.0 Å². The SMILES string of the molecule is CCc1ccccc1NC(=O)c1ccc(O[C@H](C)C(=O)O[C@H](C)CC)cc1. The van der Waals surface area contributed by atoms with Crippen molar-refractivity contribution in [1.29, 1.82) is 0 Å². The molecular formula is C22H27NO4. The summed E-state index contributed by atoms with van der Waals surface area (Å²) < 4.78 is 10.9. The van der Waals surface area contributed by atoms with Gasteiger partial charge in [0, 0.05) is 11.3 Å². The van der Waals surface area contributed by atoms with Crippen LogP contribution in [0.5, 0.6) is 5.75 Å². The molecule has 1 N–H and O–H groups in total. The molecule has 5 heteroatoms. The first kappa shape index (κ1) is 20.5. The molecule has 0 aliphatic carbocycles. The summed E-state index contributed by atoms with van der Waals surface area (Å²) in [6.07, 6.45) is 0.743. The third kappa shape index (κ3) is 5.84. The predicted octanol–water partition coefficient (Wildman–Crippen LogP) is 4.61. The number of hydrogen-bond acceptors (Lipinski definition) is 4. The summed E-state index contributed by atoms with van der Waals surface area (Å²) in [7, 11) is 0. The number of nitrogens with one attached hydrogen (secondary N) is 1. The van der Waals surface area contributed by atoms with Gasteiger partial charge < -0.3 is 14.8 Å². The van der Waals surface area contributed by atoms with Crippen LogP contribution in [0.2, 0.25) is 0 Å². The van der Waals surface area contributed by atoms with Crippen molar-refractivity contribution in [3.05, 3.63) is 59.7 Å². The fourth-order valence-electron chi connectivity index (χ4n) is 2.46. The van der Waals surface area contributed by atoms with Crippen LogP contribution in [0.15, 0.2) is 48.5 Å². The van der Waals surface area contributed by atoms with Gasteiger partial charge in [0.05, 0.1) is 6.10 Å². The molecule has 0 spiro atoms. The molecule has 0 fully saturated rings. The van der Waals surface area contributed by atoms with Crippen LogP contribution >= 0.6 is 0 Å². The number of rotatable bonds is 8. The minimum absolute atomic E-state index is 0.138. The molecule has 0 bridgehead atoms. The van der Waals surface area contributed by atoms with Crippen molar-refractivity contribution in [2.75, 3.05) is 5.32 Å². The quantitative estimate of drug-likeness (QED) is 0.690.